The molecule has 0 fully saturated rings. The molecule has 58 valence electrons. The van der Waals surface area contributed by atoms with Crippen LogP contribution in [0.4, 0.5) is 0 Å². The van der Waals surface area contributed by atoms with Crippen molar-refractivity contribution in [3.8, 4) is 11.8 Å². The van der Waals surface area contributed by atoms with Crippen molar-refractivity contribution in [3.05, 3.63) is 18.2 Å². The van der Waals surface area contributed by atoms with Crippen LogP contribution in [0.5, 0.6) is 0 Å². The minimum absolute atomic E-state index is 0.588. The van der Waals surface area contributed by atoms with Gasteiger partial charge in [-0.15, -0.1) is 11.6 Å². The number of alkyl halides is 1. The number of aryl methyl sites for hydroxylation is 1. The van der Waals surface area contributed by atoms with E-state index in [4.69, 9.17) is 11.6 Å². The first-order valence-electron chi connectivity index (χ1n) is 3.35. The molecule has 1 heterocycles. The lowest BCUT2D eigenvalue weighted by molar-refractivity contribution is 0.899. The Morgan fingerprint density at radius 1 is 1.73 bits per heavy atom. The number of aromatic nitrogens is 2. The summed E-state index contributed by atoms with van der Waals surface area (Å²) in [5.41, 5.74) is 0.926. The van der Waals surface area contributed by atoms with Crippen molar-refractivity contribution in [1.29, 1.82) is 0 Å². The van der Waals surface area contributed by atoms with Gasteiger partial charge in [-0.1, -0.05) is 5.92 Å². The van der Waals surface area contributed by atoms with Gasteiger partial charge in [-0.2, -0.15) is 0 Å². The quantitative estimate of drug-likeness (QED) is 0.458. The zero-order valence-corrected chi connectivity index (χ0v) is 7.10. The first kappa shape index (κ1) is 8.16. The Morgan fingerprint density at radius 3 is 3.09 bits per heavy atom. The van der Waals surface area contributed by atoms with E-state index in [0.717, 1.165) is 12.1 Å². The number of imidazole rings is 1. The summed E-state index contributed by atoms with van der Waals surface area (Å²) in [4.78, 5) is 3.93. The molecule has 0 spiro atoms. The molecule has 3 heteroatoms. The van der Waals surface area contributed by atoms with Gasteiger partial charge >= 0.3 is 0 Å². The van der Waals surface area contributed by atoms with E-state index in [1.807, 2.05) is 11.6 Å². The summed E-state index contributed by atoms with van der Waals surface area (Å²) in [7, 11) is 1.91. The zero-order valence-electron chi connectivity index (χ0n) is 6.34. The minimum atomic E-state index is 0.588. The molecule has 0 aromatic carbocycles. The molecule has 0 saturated heterocycles. The highest BCUT2D eigenvalue weighted by atomic mass is 35.5. The maximum atomic E-state index is 5.46. The number of hydrogen-bond acceptors (Lipinski definition) is 1. The molecule has 0 radical (unpaired) electrons. The van der Waals surface area contributed by atoms with E-state index in [9.17, 15) is 0 Å². The van der Waals surface area contributed by atoms with Gasteiger partial charge in [-0.25, -0.2) is 4.98 Å². The van der Waals surface area contributed by atoms with E-state index in [2.05, 4.69) is 16.8 Å². The Labute approximate surface area is 71.2 Å². The molecule has 0 N–H and O–H groups in total. The highest BCUT2D eigenvalue weighted by Gasteiger charge is 1.89. The maximum Gasteiger partial charge on any atom is 0.111 e. The zero-order chi connectivity index (χ0) is 8.10. The summed E-state index contributed by atoms with van der Waals surface area (Å²) >= 11 is 5.46. The Morgan fingerprint density at radius 2 is 2.55 bits per heavy atom. The topological polar surface area (TPSA) is 17.8 Å². The lowest BCUT2D eigenvalue weighted by Crippen LogP contribution is -1.87. The predicted molar refractivity (Wildman–Crippen MR) is 45.4 cm³/mol. The molecule has 0 aliphatic rings. The Balaban J connectivity index is 2.65. The highest BCUT2D eigenvalue weighted by molar-refractivity contribution is 6.18. The Kier molecular flexibility index (Phi) is 3.00. The predicted octanol–water partition coefficient (Wildman–Crippen LogP) is 1.40. The van der Waals surface area contributed by atoms with Gasteiger partial charge < -0.3 is 4.57 Å². The number of nitrogens with zero attached hydrogens (tertiary/aromatic N) is 2. The van der Waals surface area contributed by atoms with Gasteiger partial charge in [-0.05, 0) is 5.92 Å². The third-order valence-electron chi connectivity index (χ3n) is 1.25. The van der Waals surface area contributed by atoms with Crippen molar-refractivity contribution in [2.24, 2.45) is 7.05 Å². The SMILES string of the molecule is Cn1cncc1C#CCCCl. The molecule has 11 heavy (non-hydrogen) atoms. The molecular formula is C8H9ClN2. The summed E-state index contributed by atoms with van der Waals surface area (Å²) in [6.07, 6.45) is 4.19. The number of halogens is 1. The Hall–Kier alpha value is -0.940. The van der Waals surface area contributed by atoms with Crippen LogP contribution in [0, 0.1) is 11.8 Å². The fourth-order valence-corrected chi connectivity index (χ4v) is 0.772. The van der Waals surface area contributed by atoms with Crippen LogP contribution in [0.1, 0.15) is 12.1 Å². The second-order valence-electron chi connectivity index (χ2n) is 2.13. The van der Waals surface area contributed by atoms with E-state index < -0.39 is 0 Å². The number of rotatable bonds is 1. The van der Waals surface area contributed by atoms with Crippen molar-refractivity contribution >= 4 is 11.6 Å². The number of hydrogen-bond donors (Lipinski definition) is 0. The van der Waals surface area contributed by atoms with Crippen LogP contribution in [0.15, 0.2) is 12.5 Å². The van der Waals surface area contributed by atoms with Crippen molar-refractivity contribution in [3.63, 3.8) is 0 Å². The van der Waals surface area contributed by atoms with Crippen LogP contribution in [-0.2, 0) is 7.05 Å². The lowest BCUT2D eigenvalue weighted by Gasteiger charge is -1.88. The monoisotopic (exact) mass is 168 g/mol. The van der Waals surface area contributed by atoms with Gasteiger partial charge in [0.05, 0.1) is 12.5 Å². The van der Waals surface area contributed by atoms with Gasteiger partial charge in [0.1, 0.15) is 5.69 Å². The molecule has 0 atom stereocenters. The van der Waals surface area contributed by atoms with Crippen LogP contribution >= 0.6 is 11.6 Å². The molecule has 1 rings (SSSR count). The van der Waals surface area contributed by atoms with Crippen LogP contribution < -0.4 is 0 Å². The van der Waals surface area contributed by atoms with Gasteiger partial charge in [0.15, 0.2) is 0 Å². The Bertz CT molecular complexity index is 280. The average Bonchev–Trinajstić information content (AvgIpc) is 2.37. The van der Waals surface area contributed by atoms with E-state index in [-0.39, 0.29) is 0 Å². The minimum Gasteiger partial charge on any atom is -0.327 e. The first-order chi connectivity index (χ1) is 5.34. The van der Waals surface area contributed by atoms with Crippen LogP contribution in [0.2, 0.25) is 0 Å². The van der Waals surface area contributed by atoms with E-state index in [0.29, 0.717) is 5.88 Å². The van der Waals surface area contributed by atoms with Gasteiger partial charge in [-0.3, -0.25) is 0 Å². The molecule has 1 aromatic heterocycles. The normalized spacial score (nSPS) is 8.91. The summed E-state index contributed by atoms with van der Waals surface area (Å²) in [5.74, 6) is 6.48. The molecule has 0 unspecified atom stereocenters. The lowest BCUT2D eigenvalue weighted by atomic mass is 10.4. The highest BCUT2D eigenvalue weighted by Crippen LogP contribution is 1.92. The molecule has 1 aromatic rings. The summed E-state index contributed by atoms with van der Waals surface area (Å²) in [6.45, 7) is 0. The summed E-state index contributed by atoms with van der Waals surface area (Å²) in [6, 6.07) is 0. The standard InChI is InChI=1S/C8H9ClN2/c1-11-7-10-6-8(11)4-2-3-5-9/h6-7H,3,5H2,1H3. The molecule has 0 aliphatic heterocycles. The third-order valence-corrected chi connectivity index (χ3v) is 1.44. The fraction of sp³-hybridized carbons (Fsp3) is 0.375. The van der Waals surface area contributed by atoms with Crippen molar-refractivity contribution in [2.75, 3.05) is 5.88 Å². The van der Waals surface area contributed by atoms with E-state index in [1.54, 1.807) is 12.5 Å². The molecule has 0 bridgehead atoms. The summed E-state index contributed by atoms with van der Waals surface area (Å²) < 4.78 is 1.88. The summed E-state index contributed by atoms with van der Waals surface area (Å²) in [5, 5.41) is 0. The van der Waals surface area contributed by atoms with Crippen molar-refractivity contribution in [2.45, 2.75) is 6.42 Å². The molecule has 0 aliphatic carbocycles. The van der Waals surface area contributed by atoms with Crippen molar-refractivity contribution < 1.29 is 0 Å². The first-order valence-corrected chi connectivity index (χ1v) is 3.89. The van der Waals surface area contributed by atoms with Crippen LogP contribution in [-0.4, -0.2) is 15.4 Å². The largest absolute Gasteiger partial charge is 0.327 e. The van der Waals surface area contributed by atoms with Gasteiger partial charge in [0, 0.05) is 19.3 Å². The van der Waals surface area contributed by atoms with E-state index >= 15 is 0 Å². The van der Waals surface area contributed by atoms with Gasteiger partial charge in [0.2, 0.25) is 0 Å². The maximum absolute atomic E-state index is 5.46. The fourth-order valence-electron chi connectivity index (χ4n) is 0.678. The molecule has 0 saturated carbocycles. The van der Waals surface area contributed by atoms with Crippen molar-refractivity contribution in [1.82, 2.24) is 9.55 Å². The second kappa shape index (κ2) is 4.05. The van der Waals surface area contributed by atoms with Crippen LogP contribution in [0.25, 0.3) is 0 Å². The average molecular weight is 169 g/mol. The smallest absolute Gasteiger partial charge is 0.111 e. The molecule has 2 nitrogen and oxygen atoms in total. The molecular weight excluding hydrogens is 160 g/mol. The van der Waals surface area contributed by atoms with E-state index in [1.165, 1.54) is 0 Å². The molecule has 0 amide bonds. The van der Waals surface area contributed by atoms with Crippen LogP contribution in [0.3, 0.4) is 0 Å². The second-order valence-corrected chi connectivity index (χ2v) is 2.51. The van der Waals surface area contributed by atoms with Gasteiger partial charge in [0.25, 0.3) is 0 Å². The third kappa shape index (κ3) is 2.28.